The van der Waals surface area contributed by atoms with E-state index in [0.29, 0.717) is 18.4 Å². The molecule has 0 radical (unpaired) electrons. The van der Waals surface area contributed by atoms with Gasteiger partial charge in [-0.05, 0) is 23.3 Å². The Bertz CT molecular complexity index is 1200. The molecule has 0 spiro atoms. The average Bonchev–Trinajstić information content (AvgIpc) is 3.43. The fourth-order valence-electron chi connectivity index (χ4n) is 3.13. The Labute approximate surface area is 166 Å². The molecule has 3 heterocycles. The first kappa shape index (κ1) is 16.7. The highest BCUT2D eigenvalue weighted by Gasteiger charge is 2.18. The van der Waals surface area contributed by atoms with Gasteiger partial charge >= 0.3 is 6.01 Å². The molecule has 3 aromatic heterocycles. The first-order valence-electron chi connectivity index (χ1n) is 8.94. The van der Waals surface area contributed by atoms with Crippen molar-refractivity contribution in [2.45, 2.75) is 6.61 Å². The summed E-state index contributed by atoms with van der Waals surface area (Å²) in [6.45, 7) is 0.418. The first-order valence-corrected chi connectivity index (χ1v) is 9.82. The van der Waals surface area contributed by atoms with Crippen LogP contribution in [-0.4, -0.2) is 9.97 Å². The number of benzene rings is 2. The molecule has 0 saturated heterocycles. The lowest BCUT2D eigenvalue weighted by Gasteiger charge is -2.08. The van der Waals surface area contributed by atoms with Gasteiger partial charge in [-0.2, -0.15) is 9.97 Å². The minimum absolute atomic E-state index is 0.351. The molecule has 0 aliphatic heterocycles. The van der Waals surface area contributed by atoms with Crippen LogP contribution >= 0.6 is 11.3 Å². The molecular weight excluding hydrogens is 368 g/mol. The van der Waals surface area contributed by atoms with Crippen LogP contribution in [0.5, 0.6) is 6.01 Å². The van der Waals surface area contributed by atoms with Crippen LogP contribution in [0, 0.1) is 0 Å². The summed E-state index contributed by atoms with van der Waals surface area (Å²) >= 11 is 1.58. The Morgan fingerprint density at radius 1 is 0.857 bits per heavy atom. The highest BCUT2D eigenvalue weighted by Crippen LogP contribution is 2.39. The van der Waals surface area contributed by atoms with E-state index in [9.17, 15) is 0 Å². The third kappa shape index (κ3) is 3.17. The number of fused-ring (bicyclic) bond motifs is 1. The van der Waals surface area contributed by atoms with Crippen molar-refractivity contribution in [3.8, 4) is 28.6 Å². The Hall–Kier alpha value is -3.44. The number of aromatic nitrogens is 2. The first-order chi connectivity index (χ1) is 13.9. The molecule has 4 nitrogen and oxygen atoms in total. The van der Waals surface area contributed by atoms with Crippen molar-refractivity contribution in [2.24, 2.45) is 0 Å². The summed E-state index contributed by atoms with van der Waals surface area (Å²) < 4.78 is 11.6. The molecule has 0 aliphatic rings. The number of hydrogen-bond acceptors (Lipinski definition) is 5. The van der Waals surface area contributed by atoms with Gasteiger partial charge in [-0.15, -0.1) is 11.3 Å². The van der Waals surface area contributed by atoms with E-state index in [4.69, 9.17) is 14.1 Å². The second-order valence-electron chi connectivity index (χ2n) is 6.30. The molecule has 28 heavy (non-hydrogen) atoms. The van der Waals surface area contributed by atoms with Gasteiger partial charge in [-0.3, -0.25) is 0 Å². The van der Waals surface area contributed by atoms with Crippen LogP contribution in [0.15, 0.2) is 88.9 Å². The molecule has 0 N–H and O–H groups in total. The van der Waals surface area contributed by atoms with Crippen LogP contribution < -0.4 is 4.74 Å². The molecule has 5 heteroatoms. The zero-order valence-electron chi connectivity index (χ0n) is 14.9. The average molecular weight is 384 g/mol. The molecule has 0 unspecified atom stereocenters. The monoisotopic (exact) mass is 384 g/mol. The summed E-state index contributed by atoms with van der Waals surface area (Å²) in [4.78, 5) is 10.2. The summed E-state index contributed by atoms with van der Waals surface area (Å²) in [6.07, 6.45) is 1.66. The van der Waals surface area contributed by atoms with Crippen LogP contribution in [-0.2, 0) is 6.61 Å². The van der Waals surface area contributed by atoms with E-state index in [2.05, 4.69) is 22.5 Å². The number of hydrogen-bond donors (Lipinski definition) is 0. The van der Waals surface area contributed by atoms with Crippen molar-refractivity contribution >= 4 is 21.6 Å². The van der Waals surface area contributed by atoms with E-state index in [-0.39, 0.29) is 0 Å². The summed E-state index contributed by atoms with van der Waals surface area (Å²) in [5, 5.41) is 3.10. The van der Waals surface area contributed by atoms with Crippen LogP contribution in [0.4, 0.5) is 0 Å². The zero-order chi connectivity index (χ0) is 18.8. The number of rotatable bonds is 5. The van der Waals surface area contributed by atoms with E-state index in [0.717, 1.165) is 32.6 Å². The second-order valence-corrected chi connectivity index (χ2v) is 7.16. The smallest absolute Gasteiger partial charge is 0.318 e. The predicted molar refractivity (Wildman–Crippen MR) is 111 cm³/mol. The lowest BCUT2D eigenvalue weighted by Crippen LogP contribution is -2.00. The summed E-state index contributed by atoms with van der Waals surface area (Å²) in [5.74, 6) is 0.701. The molecule has 5 aromatic rings. The Kier molecular flexibility index (Phi) is 4.35. The molecule has 136 valence electrons. The van der Waals surface area contributed by atoms with Crippen LogP contribution in [0.25, 0.3) is 32.8 Å². The van der Waals surface area contributed by atoms with Crippen molar-refractivity contribution < 1.29 is 9.15 Å². The third-order valence-corrected chi connectivity index (χ3v) is 5.34. The fraction of sp³-hybridized carbons (Fsp3) is 0.0435. The minimum atomic E-state index is 0.351. The predicted octanol–water partition coefficient (Wildman–Crippen LogP) is 6.20. The van der Waals surface area contributed by atoms with Gasteiger partial charge in [0.2, 0.25) is 0 Å². The highest BCUT2D eigenvalue weighted by molar-refractivity contribution is 7.17. The minimum Gasteiger partial charge on any atom is -0.463 e. The number of thiophene rings is 1. The SMILES string of the molecule is c1ccc(COc2nc(-c3ccco3)c3c(-c4ccccc4)csc3n2)cc1. The quantitative estimate of drug-likeness (QED) is 0.362. The Morgan fingerprint density at radius 3 is 2.39 bits per heavy atom. The molecule has 0 aliphatic carbocycles. The molecule has 0 atom stereocenters. The molecule has 0 bridgehead atoms. The van der Waals surface area contributed by atoms with Crippen LogP contribution in [0.2, 0.25) is 0 Å². The van der Waals surface area contributed by atoms with Crippen molar-refractivity contribution in [1.29, 1.82) is 0 Å². The largest absolute Gasteiger partial charge is 0.463 e. The normalized spacial score (nSPS) is 11.0. The van der Waals surface area contributed by atoms with Crippen LogP contribution in [0.3, 0.4) is 0 Å². The number of nitrogens with zero attached hydrogens (tertiary/aromatic N) is 2. The van der Waals surface area contributed by atoms with Gasteiger partial charge in [-0.25, -0.2) is 0 Å². The summed E-state index contributed by atoms with van der Waals surface area (Å²) in [7, 11) is 0. The maximum atomic E-state index is 5.90. The maximum Gasteiger partial charge on any atom is 0.318 e. The second kappa shape index (κ2) is 7.29. The van der Waals surface area contributed by atoms with Gasteiger partial charge in [-0.1, -0.05) is 60.7 Å². The van der Waals surface area contributed by atoms with Crippen molar-refractivity contribution in [1.82, 2.24) is 9.97 Å². The number of ether oxygens (including phenoxy) is 1. The van der Waals surface area contributed by atoms with Gasteiger partial charge in [0.1, 0.15) is 17.1 Å². The van der Waals surface area contributed by atoms with Crippen molar-refractivity contribution in [3.63, 3.8) is 0 Å². The van der Waals surface area contributed by atoms with E-state index < -0.39 is 0 Å². The van der Waals surface area contributed by atoms with Gasteiger partial charge < -0.3 is 9.15 Å². The summed E-state index contributed by atoms with van der Waals surface area (Å²) in [6, 6.07) is 24.4. The van der Waals surface area contributed by atoms with E-state index in [1.54, 1.807) is 17.6 Å². The molecule has 2 aromatic carbocycles. The third-order valence-electron chi connectivity index (χ3n) is 4.46. The molecule has 0 saturated carbocycles. The molecule has 0 amide bonds. The van der Waals surface area contributed by atoms with Crippen molar-refractivity contribution in [2.75, 3.05) is 0 Å². The highest BCUT2D eigenvalue weighted by atomic mass is 32.1. The maximum absolute atomic E-state index is 5.90. The lowest BCUT2D eigenvalue weighted by molar-refractivity contribution is 0.282. The molecule has 0 fully saturated rings. The zero-order valence-corrected chi connectivity index (χ0v) is 15.7. The Balaban J connectivity index is 1.61. The topological polar surface area (TPSA) is 48.2 Å². The van der Waals surface area contributed by atoms with Gasteiger partial charge in [0, 0.05) is 16.3 Å². The van der Waals surface area contributed by atoms with Gasteiger partial charge in [0.15, 0.2) is 5.76 Å². The van der Waals surface area contributed by atoms with Gasteiger partial charge in [0.05, 0.1) is 6.26 Å². The summed E-state index contributed by atoms with van der Waals surface area (Å²) in [5.41, 5.74) is 4.05. The van der Waals surface area contributed by atoms with E-state index >= 15 is 0 Å². The molecular formula is C23H16N2O2S. The van der Waals surface area contributed by atoms with Crippen molar-refractivity contribution in [3.05, 3.63) is 90.0 Å². The van der Waals surface area contributed by atoms with Gasteiger partial charge in [0.25, 0.3) is 0 Å². The number of furan rings is 1. The fourth-order valence-corrected chi connectivity index (χ4v) is 4.07. The van der Waals surface area contributed by atoms with E-state index in [1.807, 2.05) is 60.7 Å². The molecule has 5 rings (SSSR count). The Morgan fingerprint density at radius 2 is 1.64 bits per heavy atom. The van der Waals surface area contributed by atoms with Crippen LogP contribution in [0.1, 0.15) is 5.56 Å². The van der Waals surface area contributed by atoms with E-state index in [1.165, 1.54) is 0 Å². The standard InChI is InChI=1S/C23H16N2O2S/c1-3-8-16(9-4-1)14-27-23-24-21(19-12-7-13-26-19)20-18(15-28-22(20)25-23)17-10-5-2-6-11-17/h1-13,15H,14H2. The lowest BCUT2D eigenvalue weighted by atomic mass is 10.0.